The fraction of sp³-hybridized carbons (Fsp3) is 0. The smallest absolute Gasteiger partial charge is 0.322 e. The van der Waals surface area contributed by atoms with Crippen molar-refractivity contribution in [2.24, 2.45) is 5.73 Å². The van der Waals surface area contributed by atoms with E-state index in [4.69, 9.17) is 5.73 Å². The first-order valence-electron chi connectivity index (χ1n) is 4.05. The Morgan fingerprint density at radius 1 is 1.12 bits per heavy atom. The SMILES string of the molecule is NC(=O)C(=O)NS(=O)(=O)c1ccc(N)cc1. The lowest BCUT2D eigenvalue weighted by molar-refractivity contribution is -0.136. The van der Waals surface area contributed by atoms with Crippen molar-refractivity contribution in [3.05, 3.63) is 24.3 Å². The summed E-state index contributed by atoms with van der Waals surface area (Å²) in [5, 5.41) is 0. The third-order valence-corrected chi connectivity index (χ3v) is 2.99. The van der Waals surface area contributed by atoms with Crippen molar-refractivity contribution in [1.82, 2.24) is 4.72 Å². The van der Waals surface area contributed by atoms with Gasteiger partial charge in [0.2, 0.25) is 0 Å². The van der Waals surface area contributed by atoms with Crippen LogP contribution in [0.1, 0.15) is 0 Å². The molecule has 0 heterocycles. The molecular weight excluding hydrogens is 234 g/mol. The number of sulfonamides is 1. The van der Waals surface area contributed by atoms with Gasteiger partial charge in [0.15, 0.2) is 0 Å². The molecule has 1 aromatic rings. The fourth-order valence-corrected chi connectivity index (χ4v) is 1.84. The van der Waals surface area contributed by atoms with E-state index in [1.807, 2.05) is 0 Å². The molecule has 0 saturated carbocycles. The molecule has 7 nitrogen and oxygen atoms in total. The van der Waals surface area contributed by atoms with Gasteiger partial charge in [0.1, 0.15) is 0 Å². The molecule has 5 N–H and O–H groups in total. The molecule has 0 fully saturated rings. The Bertz CT molecular complexity index is 521. The predicted octanol–water partition coefficient (Wildman–Crippen LogP) is -1.44. The lowest BCUT2D eigenvalue weighted by atomic mass is 10.3. The van der Waals surface area contributed by atoms with Crippen LogP contribution in [0.25, 0.3) is 0 Å². The van der Waals surface area contributed by atoms with Crippen molar-refractivity contribution in [3.63, 3.8) is 0 Å². The molecule has 0 aromatic heterocycles. The quantitative estimate of drug-likeness (QED) is 0.432. The molecule has 16 heavy (non-hydrogen) atoms. The van der Waals surface area contributed by atoms with Gasteiger partial charge in [-0.15, -0.1) is 0 Å². The van der Waals surface area contributed by atoms with Gasteiger partial charge in [-0.25, -0.2) is 13.1 Å². The van der Waals surface area contributed by atoms with Crippen LogP contribution in [0.4, 0.5) is 5.69 Å². The zero-order chi connectivity index (χ0) is 12.3. The molecule has 2 amide bonds. The number of benzene rings is 1. The van der Waals surface area contributed by atoms with Crippen molar-refractivity contribution in [2.45, 2.75) is 4.90 Å². The zero-order valence-corrected chi connectivity index (χ0v) is 8.82. The zero-order valence-electron chi connectivity index (χ0n) is 8.01. The van der Waals surface area contributed by atoms with Crippen LogP contribution in [0.3, 0.4) is 0 Å². The number of hydrogen-bond donors (Lipinski definition) is 3. The number of rotatable bonds is 2. The standard InChI is InChI=1S/C8H9N3O4S/c9-5-1-3-6(4-2-5)16(14,15)11-8(13)7(10)12/h1-4H,9H2,(H2,10,12)(H,11,13). The second kappa shape index (κ2) is 4.19. The highest BCUT2D eigenvalue weighted by molar-refractivity contribution is 7.90. The minimum absolute atomic E-state index is 0.184. The summed E-state index contributed by atoms with van der Waals surface area (Å²) in [7, 11) is -4.08. The van der Waals surface area contributed by atoms with Crippen molar-refractivity contribution >= 4 is 27.5 Å². The highest BCUT2D eigenvalue weighted by Crippen LogP contribution is 2.10. The molecule has 0 saturated heterocycles. The number of anilines is 1. The van der Waals surface area contributed by atoms with Crippen LogP contribution in [-0.2, 0) is 19.6 Å². The van der Waals surface area contributed by atoms with Crippen LogP contribution in [0, 0.1) is 0 Å². The van der Waals surface area contributed by atoms with Crippen molar-refractivity contribution < 1.29 is 18.0 Å². The number of nitrogen functional groups attached to an aromatic ring is 1. The van der Waals surface area contributed by atoms with E-state index in [1.165, 1.54) is 29.0 Å². The molecule has 1 rings (SSSR count). The molecule has 0 aliphatic carbocycles. The summed E-state index contributed by atoms with van der Waals surface area (Å²) >= 11 is 0. The Morgan fingerprint density at radius 2 is 1.62 bits per heavy atom. The van der Waals surface area contributed by atoms with E-state index < -0.39 is 21.8 Å². The first kappa shape index (κ1) is 12.0. The van der Waals surface area contributed by atoms with E-state index in [2.05, 4.69) is 5.73 Å². The average molecular weight is 243 g/mol. The molecular formula is C8H9N3O4S. The molecule has 8 heteroatoms. The van der Waals surface area contributed by atoms with Crippen LogP contribution in [0.5, 0.6) is 0 Å². The average Bonchev–Trinajstić information content (AvgIpc) is 2.17. The molecule has 0 radical (unpaired) electrons. The Kier molecular flexibility index (Phi) is 3.14. The summed E-state index contributed by atoms with van der Waals surface area (Å²) in [5.74, 6) is -2.77. The Hall–Kier alpha value is -2.09. The van der Waals surface area contributed by atoms with Crippen LogP contribution < -0.4 is 16.2 Å². The molecule has 0 aliphatic rings. The van der Waals surface area contributed by atoms with E-state index in [0.29, 0.717) is 5.69 Å². The third-order valence-electron chi connectivity index (χ3n) is 1.64. The minimum atomic E-state index is -4.08. The summed E-state index contributed by atoms with van der Waals surface area (Å²) in [5.41, 5.74) is 10.3. The van der Waals surface area contributed by atoms with E-state index >= 15 is 0 Å². The van der Waals surface area contributed by atoms with Crippen molar-refractivity contribution in [1.29, 1.82) is 0 Å². The molecule has 0 aliphatic heterocycles. The normalized spacial score (nSPS) is 10.8. The summed E-state index contributed by atoms with van der Waals surface area (Å²) in [6, 6.07) is 5.10. The number of amides is 2. The van der Waals surface area contributed by atoms with Crippen LogP contribution >= 0.6 is 0 Å². The van der Waals surface area contributed by atoms with E-state index in [-0.39, 0.29) is 4.90 Å². The first-order chi connectivity index (χ1) is 7.33. The number of carbonyl (C=O) groups excluding carboxylic acids is 2. The van der Waals surface area contributed by atoms with Gasteiger partial charge in [0.05, 0.1) is 4.90 Å². The number of hydrogen-bond acceptors (Lipinski definition) is 5. The molecule has 1 aromatic carbocycles. The van der Waals surface area contributed by atoms with Gasteiger partial charge in [0, 0.05) is 5.69 Å². The maximum atomic E-state index is 11.5. The molecule has 86 valence electrons. The number of nitrogens with one attached hydrogen (secondary N) is 1. The third kappa shape index (κ3) is 2.70. The second-order valence-corrected chi connectivity index (χ2v) is 4.55. The number of primary amides is 1. The molecule has 0 atom stereocenters. The molecule has 0 unspecified atom stereocenters. The van der Waals surface area contributed by atoms with E-state index in [1.54, 1.807) is 0 Å². The summed E-state index contributed by atoms with van der Waals surface area (Å²) < 4.78 is 24.5. The minimum Gasteiger partial charge on any atom is -0.399 e. The lowest BCUT2D eigenvalue weighted by Gasteiger charge is -2.04. The van der Waals surface area contributed by atoms with Crippen LogP contribution in [0.2, 0.25) is 0 Å². The maximum absolute atomic E-state index is 11.5. The van der Waals surface area contributed by atoms with Gasteiger partial charge in [-0.05, 0) is 24.3 Å². The summed E-state index contributed by atoms with van der Waals surface area (Å²) in [6.45, 7) is 0. The van der Waals surface area contributed by atoms with Crippen molar-refractivity contribution in [2.75, 3.05) is 5.73 Å². The lowest BCUT2D eigenvalue weighted by Crippen LogP contribution is -2.39. The van der Waals surface area contributed by atoms with Gasteiger partial charge in [-0.1, -0.05) is 0 Å². The maximum Gasteiger partial charge on any atom is 0.322 e. The molecule has 0 spiro atoms. The van der Waals surface area contributed by atoms with Gasteiger partial charge in [0.25, 0.3) is 10.0 Å². The number of carbonyl (C=O) groups is 2. The highest BCUT2D eigenvalue weighted by atomic mass is 32.2. The van der Waals surface area contributed by atoms with Crippen LogP contribution in [0.15, 0.2) is 29.2 Å². The predicted molar refractivity (Wildman–Crippen MR) is 55.4 cm³/mol. The van der Waals surface area contributed by atoms with E-state index in [0.717, 1.165) is 0 Å². The Morgan fingerprint density at radius 3 is 2.06 bits per heavy atom. The van der Waals surface area contributed by atoms with Gasteiger partial charge in [-0.3, -0.25) is 9.59 Å². The summed E-state index contributed by atoms with van der Waals surface area (Å²) in [4.78, 5) is 21.0. The molecule has 0 bridgehead atoms. The topological polar surface area (TPSA) is 132 Å². The second-order valence-electron chi connectivity index (χ2n) is 2.87. The van der Waals surface area contributed by atoms with Gasteiger partial charge < -0.3 is 11.5 Å². The van der Waals surface area contributed by atoms with Crippen molar-refractivity contribution in [3.8, 4) is 0 Å². The van der Waals surface area contributed by atoms with Gasteiger partial charge >= 0.3 is 11.8 Å². The monoisotopic (exact) mass is 243 g/mol. The highest BCUT2D eigenvalue weighted by Gasteiger charge is 2.20. The van der Waals surface area contributed by atoms with Crippen LogP contribution in [-0.4, -0.2) is 20.2 Å². The largest absolute Gasteiger partial charge is 0.399 e. The van der Waals surface area contributed by atoms with Gasteiger partial charge in [-0.2, -0.15) is 0 Å². The summed E-state index contributed by atoms with van der Waals surface area (Å²) in [6.07, 6.45) is 0. The van der Waals surface area contributed by atoms with E-state index in [9.17, 15) is 18.0 Å². The first-order valence-corrected chi connectivity index (χ1v) is 5.53. The fourth-order valence-electron chi connectivity index (χ4n) is 0.878. The number of nitrogens with two attached hydrogens (primary N) is 2. The Labute approximate surface area is 91.5 Å². The Balaban J connectivity index is 2.99.